The highest BCUT2D eigenvalue weighted by Crippen LogP contribution is 2.27. The molecule has 1 aromatic carbocycles. The van der Waals surface area contributed by atoms with Gasteiger partial charge in [-0.25, -0.2) is 0 Å². The van der Waals surface area contributed by atoms with Crippen LogP contribution in [0.15, 0.2) is 30.6 Å². The van der Waals surface area contributed by atoms with Crippen molar-refractivity contribution in [2.75, 3.05) is 5.73 Å². The van der Waals surface area contributed by atoms with E-state index in [1.165, 1.54) is 17.1 Å². The van der Waals surface area contributed by atoms with Gasteiger partial charge in [0, 0.05) is 0 Å². The largest absolute Gasteiger partial charge is 0.397 e. The van der Waals surface area contributed by atoms with Crippen molar-refractivity contribution in [3.63, 3.8) is 0 Å². The van der Waals surface area contributed by atoms with Crippen molar-refractivity contribution in [2.45, 2.75) is 0 Å². The number of hydrogen-bond acceptors (Lipinski definition) is 3. The molecule has 2 rings (SSSR count). The third-order valence-corrected chi connectivity index (χ3v) is 3.07. The number of rotatable bonds is 2. The fourth-order valence-corrected chi connectivity index (χ4v) is 2.13. The molecule has 0 saturated carbocycles. The van der Waals surface area contributed by atoms with Gasteiger partial charge in [-0.3, -0.25) is 4.79 Å². The number of anilines is 1. The van der Waals surface area contributed by atoms with Gasteiger partial charge in [-0.2, -0.15) is 0 Å². The number of aromatic nitrogens is 2. The molecule has 2 aromatic rings. The molecule has 4 nitrogen and oxygen atoms in total. The van der Waals surface area contributed by atoms with Crippen molar-refractivity contribution in [1.29, 1.82) is 0 Å². The van der Waals surface area contributed by atoms with Crippen LogP contribution in [-0.4, -0.2) is 10.9 Å². The predicted octanol–water partition coefficient (Wildman–Crippen LogP) is 2.03. The molecule has 92 valence electrons. The Morgan fingerprint density at radius 3 is 2.56 bits per heavy atom. The van der Waals surface area contributed by atoms with E-state index in [2.05, 4.69) is 5.10 Å². The molecule has 0 aliphatic rings. The minimum Gasteiger partial charge on any atom is -0.397 e. The molecule has 0 bridgehead atoms. The van der Waals surface area contributed by atoms with Crippen molar-refractivity contribution >= 4 is 34.7 Å². The first kappa shape index (κ1) is 12.8. The van der Waals surface area contributed by atoms with E-state index < -0.39 is 0 Å². The number of nitrogens with zero attached hydrogens (tertiary/aromatic N) is 2. The van der Waals surface area contributed by atoms with Crippen molar-refractivity contribution in [2.24, 2.45) is 7.05 Å². The van der Waals surface area contributed by atoms with Crippen molar-refractivity contribution in [1.82, 2.24) is 5.10 Å². The highest BCUT2D eigenvalue weighted by Gasteiger charge is 2.21. The molecule has 0 fully saturated rings. The maximum Gasteiger partial charge on any atom is 0.209 e. The molecule has 2 N–H and O–H groups in total. The van der Waals surface area contributed by atoms with Crippen LogP contribution in [0, 0.1) is 0 Å². The fourth-order valence-electron chi connectivity index (χ4n) is 1.56. The van der Waals surface area contributed by atoms with Gasteiger partial charge in [-0.15, -0.1) is 0 Å². The zero-order valence-electron chi connectivity index (χ0n) is 9.52. The summed E-state index contributed by atoms with van der Waals surface area (Å²) in [7, 11) is 1.70. The molecule has 0 spiro atoms. The Morgan fingerprint density at radius 1 is 1.33 bits per heavy atom. The third kappa shape index (κ3) is 2.30. The van der Waals surface area contributed by atoms with Crippen molar-refractivity contribution in [3.05, 3.63) is 51.8 Å². The van der Waals surface area contributed by atoms with E-state index in [9.17, 15) is 4.79 Å². The summed E-state index contributed by atoms with van der Waals surface area (Å²) >= 11 is 12.0. The maximum absolute atomic E-state index is 12.4. The summed E-state index contributed by atoms with van der Waals surface area (Å²) in [6.45, 7) is 0. The first-order valence-electron chi connectivity index (χ1n) is 5.11. The van der Waals surface area contributed by atoms with Crippen molar-refractivity contribution in [3.8, 4) is 0 Å². The second-order valence-corrected chi connectivity index (χ2v) is 4.56. The molecule has 0 aliphatic heterocycles. The average molecular weight is 283 g/mol. The van der Waals surface area contributed by atoms with E-state index in [1.807, 2.05) is 0 Å². The molecule has 1 aromatic heterocycles. The summed E-state index contributed by atoms with van der Waals surface area (Å²) < 4.78 is 1.49. The molecule has 0 saturated heterocycles. The lowest BCUT2D eigenvalue weighted by molar-refractivity contribution is -0.730. The summed E-state index contributed by atoms with van der Waals surface area (Å²) in [6.07, 6.45) is 2.95. The van der Waals surface area contributed by atoms with E-state index in [4.69, 9.17) is 28.9 Å². The second kappa shape index (κ2) is 4.92. The molecule has 6 heteroatoms. The second-order valence-electron chi connectivity index (χ2n) is 3.74. The molecule has 0 amide bonds. The van der Waals surface area contributed by atoms with Gasteiger partial charge in [0.05, 0.1) is 21.3 Å². The van der Waals surface area contributed by atoms with Crippen LogP contribution in [0.3, 0.4) is 0 Å². The lowest BCUT2D eigenvalue weighted by Crippen LogP contribution is -2.33. The van der Waals surface area contributed by atoms with Gasteiger partial charge in [0.25, 0.3) is 0 Å². The van der Waals surface area contributed by atoms with Gasteiger partial charge >= 0.3 is 0 Å². The molecule has 0 aliphatic carbocycles. The Balaban J connectivity index is 2.58. The van der Waals surface area contributed by atoms with E-state index in [1.54, 1.807) is 25.2 Å². The highest BCUT2D eigenvalue weighted by atomic mass is 35.5. The Labute approximate surface area is 114 Å². The molecular weight excluding hydrogens is 273 g/mol. The van der Waals surface area contributed by atoms with Crippen LogP contribution in [0.2, 0.25) is 10.0 Å². The van der Waals surface area contributed by atoms with Crippen LogP contribution in [0.4, 0.5) is 5.69 Å². The Morgan fingerprint density at radius 2 is 1.94 bits per heavy atom. The SMILES string of the molecule is C[n+]1cc(C(=O)c2c(Cl)cccc2Cl)c(N)cn1. The third-order valence-electron chi connectivity index (χ3n) is 2.44. The molecule has 0 radical (unpaired) electrons. The van der Waals surface area contributed by atoms with Gasteiger partial charge in [0.15, 0.2) is 7.05 Å². The first-order valence-corrected chi connectivity index (χ1v) is 5.86. The molecule has 1 heterocycles. The molecule has 0 atom stereocenters. The van der Waals surface area contributed by atoms with Crippen LogP contribution in [0.25, 0.3) is 0 Å². The van der Waals surface area contributed by atoms with E-state index >= 15 is 0 Å². The van der Waals surface area contributed by atoms with E-state index in [0.29, 0.717) is 15.6 Å². The Bertz CT molecular complexity index is 608. The number of nitrogens with two attached hydrogens (primary N) is 1. The maximum atomic E-state index is 12.4. The van der Waals surface area contributed by atoms with Gasteiger partial charge in [0.1, 0.15) is 11.8 Å². The molecule has 18 heavy (non-hydrogen) atoms. The fraction of sp³-hybridized carbons (Fsp3) is 0.0833. The number of aryl methyl sites for hydroxylation is 1. The van der Waals surface area contributed by atoms with E-state index in [-0.39, 0.29) is 17.0 Å². The van der Waals surface area contributed by atoms with Gasteiger partial charge in [0.2, 0.25) is 12.0 Å². The summed E-state index contributed by atoms with van der Waals surface area (Å²) in [5, 5.41) is 4.53. The summed E-state index contributed by atoms with van der Waals surface area (Å²) in [5.74, 6) is -0.318. The summed E-state index contributed by atoms with van der Waals surface area (Å²) in [6, 6.07) is 4.90. The van der Waals surface area contributed by atoms with Gasteiger partial charge in [-0.1, -0.05) is 34.0 Å². The van der Waals surface area contributed by atoms with Crippen LogP contribution >= 0.6 is 23.2 Å². The topological polar surface area (TPSA) is 59.9 Å². The highest BCUT2D eigenvalue weighted by molar-refractivity contribution is 6.41. The Hall–Kier alpha value is -1.65. The zero-order chi connectivity index (χ0) is 13.3. The quantitative estimate of drug-likeness (QED) is 0.677. The lowest BCUT2D eigenvalue weighted by Gasteiger charge is -2.06. The van der Waals surface area contributed by atoms with E-state index in [0.717, 1.165) is 0 Å². The first-order chi connectivity index (χ1) is 8.50. The average Bonchev–Trinajstić information content (AvgIpc) is 2.32. The van der Waals surface area contributed by atoms with Crippen LogP contribution in [0.1, 0.15) is 15.9 Å². The smallest absolute Gasteiger partial charge is 0.209 e. The van der Waals surface area contributed by atoms with Crippen LogP contribution < -0.4 is 10.4 Å². The zero-order valence-corrected chi connectivity index (χ0v) is 11.0. The summed E-state index contributed by atoms with van der Waals surface area (Å²) in [5.41, 5.74) is 6.60. The normalized spacial score (nSPS) is 10.4. The number of carbonyl (C=O) groups excluding carboxylic acids is 1. The molecular formula is C12H10Cl2N3O+. The number of nitrogen functional groups attached to an aromatic ring is 1. The van der Waals surface area contributed by atoms with Crippen LogP contribution in [0.5, 0.6) is 0 Å². The number of carbonyl (C=O) groups is 1. The number of hydrogen-bond donors (Lipinski definition) is 1. The number of halogens is 2. The summed E-state index contributed by atoms with van der Waals surface area (Å²) in [4.78, 5) is 12.4. The lowest BCUT2D eigenvalue weighted by atomic mass is 10.0. The predicted molar refractivity (Wildman–Crippen MR) is 69.7 cm³/mol. The minimum atomic E-state index is -0.318. The van der Waals surface area contributed by atoms with Crippen molar-refractivity contribution < 1.29 is 9.48 Å². The van der Waals surface area contributed by atoms with Gasteiger partial charge < -0.3 is 5.73 Å². The minimum absolute atomic E-state index is 0.249. The van der Waals surface area contributed by atoms with Crippen LogP contribution in [-0.2, 0) is 7.05 Å². The number of ketones is 1. The Kier molecular flexibility index (Phi) is 3.50. The number of benzene rings is 1. The molecule has 0 unspecified atom stereocenters. The standard InChI is InChI=1S/C12H9Cl2N3O/c1-17-6-7(10(15)5-16-17)12(18)11-8(13)3-2-4-9(11)14/h2-6,15H,1H3/p+1. The van der Waals surface area contributed by atoms with Gasteiger partial charge in [-0.05, 0) is 17.2 Å². The monoisotopic (exact) mass is 282 g/mol.